The molecule has 8 heteroatoms. The number of imidazole rings is 1. The highest BCUT2D eigenvalue weighted by atomic mass is 32.1. The summed E-state index contributed by atoms with van der Waals surface area (Å²) in [5.74, 6) is 0.217. The standard InChI is InChI=1S/C22H20FN3O3S/c1-3-29-21(28)19-13(2)26-20(24-12-14-4-8-16(23)9-5-14)18(25-22(26)30-19)15-6-10-17(27)11-7-15/h4-11,24,27H,3,12H2,1-2H3. The fraction of sp³-hybridized carbons (Fsp3) is 0.182. The van der Waals surface area contributed by atoms with Crippen molar-refractivity contribution < 1.29 is 19.0 Å². The van der Waals surface area contributed by atoms with Crippen LogP contribution in [0.2, 0.25) is 0 Å². The van der Waals surface area contributed by atoms with Gasteiger partial charge in [0, 0.05) is 17.8 Å². The van der Waals surface area contributed by atoms with E-state index in [-0.39, 0.29) is 17.5 Å². The van der Waals surface area contributed by atoms with Crippen molar-refractivity contribution in [1.29, 1.82) is 0 Å². The van der Waals surface area contributed by atoms with Crippen molar-refractivity contribution in [2.45, 2.75) is 20.4 Å². The third kappa shape index (κ3) is 3.73. The highest BCUT2D eigenvalue weighted by molar-refractivity contribution is 7.19. The number of aryl methyl sites for hydroxylation is 1. The Morgan fingerprint density at radius 3 is 2.57 bits per heavy atom. The van der Waals surface area contributed by atoms with E-state index < -0.39 is 0 Å². The van der Waals surface area contributed by atoms with Crippen LogP contribution in [0.1, 0.15) is 27.9 Å². The summed E-state index contributed by atoms with van der Waals surface area (Å²) in [6, 6.07) is 13.0. The third-order valence-electron chi connectivity index (χ3n) is 4.68. The van der Waals surface area contributed by atoms with E-state index in [0.29, 0.717) is 34.5 Å². The number of hydrogen-bond donors (Lipinski definition) is 2. The Bertz CT molecular complexity index is 1200. The predicted octanol–water partition coefficient (Wildman–Crippen LogP) is 5.00. The first-order valence-corrected chi connectivity index (χ1v) is 10.3. The van der Waals surface area contributed by atoms with Crippen molar-refractivity contribution in [3.63, 3.8) is 0 Å². The minimum absolute atomic E-state index is 0.168. The number of esters is 1. The summed E-state index contributed by atoms with van der Waals surface area (Å²) in [4.78, 5) is 18.2. The predicted molar refractivity (Wildman–Crippen MR) is 115 cm³/mol. The maximum absolute atomic E-state index is 13.2. The van der Waals surface area contributed by atoms with Gasteiger partial charge < -0.3 is 15.2 Å². The van der Waals surface area contributed by atoms with Gasteiger partial charge >= 0.3 is 5.97 Å². The quantitative estimate of drug-likeness (QED) is 0.425. The van der Waals surface area contributed by atoms with Gasteiger partial charge in [0.1, 0.15) is 28.0 Å². The van der Waals surface area contributed by atoms with Gasteiger partial charge in [0.2, 0.25) is 0 Å². The zero-order valence-corrected chi connectivity index (χ0v) is 17.3. The van der Waals surface area contributed by atoms with Crippen molar-refractivity contribution in [2.75, 3.05) is 11.9 Å². The van der Waals surface area contributed by atoms with Crippen LogP contribution in [0.4, 0.5) is 10.2 Å². The van der Waals surface area contributed by atoms with Crippen LogP contribution in [0, 0.1) is 12.7 Å². The molecule has 0 aliphatic rings. The number of ether oxygens (including phenoxy) is 1. The summed E-state index contributed by atoms with van der Waals surface area (Å²) in [7, 11) is 0. The van der Waals surface area contributed by atoms with Crippen molar-refractivity contribution >= 4 is 28.1 Å². The molecule has 6 nitrogen and oxygen atoms in total. The number of rotatable bonds is 6. The molecular formula is C22H20FN3O3S. The number of phenolic OH excluding ortho intramolecular Hbond substituents is 1. The summed E-state index contributed by atoms with van der Waals surface area (Å²) in [5, 5.41) is 13.0. The second-order valence-electron chi connectivity index (χ2n) is 6.69. The summed E-state index contributed by atoms with van der Waals surface area (Å²) in [5.41, 5.74) is 3.15. The van der Waals surface area contributed by atoms with E-state index >= 15 is 0 Å². The monoisotopic (exact) mass is 425 g/mol. The Labute approximate surface area is 176 Å². The Morgan fingerprint density at radius 1 is 1.20 bits per heavy atom. The van der Waals surface area contributed by atoms with Crippen molar-refractivity contribution in [2.24, 2.45) is 0 Å². The lowest BCUT2D eigenvalue weighted by atomic mass is 10.1. The summed E-state index contributed by atoms with van der Waals surface area (Å²) in [6.07, 6.45) is 0. The number of phenols is 1. The first-order valence-electron chi connectivity index (χ1n) is 9.44. The van der Waals surface area contributed by atoms with E-state index in [1.807, 2.05) is 11.3 Å². The average molecular weight is 425 g/mol. The van der Waals surface area contributed by atoms with Gasteiger partial charge in [-0.2, -0.15) is 0 Å². The van der Waals surface area contributed by atoms with Crippen LogP contribution in [0.3, 0.4) is 0 Å². The van der Waals surface area contributed by atoms with Gasteiger partial charge in [-0.05, 0) is 55.8 Å². The highest BCUT2D eigenvalue weighted by Gasteiger charge is 2.23. The SMILES string of the molecule is CCOC(=O)c1sc2nc(-c3ccc(O)cc3)c(NCc3ccc(F)cc3)n2c1C. The van der Waals surface area contributed by atoms with Crippen molar-refractivity contribution in [3.8, 4) is 17.0 Å². The molecule has 0 saturated carbocycles. The fourth-order valence-electron chi connectivity index (χ4n) is 3.20. The van der Waals surface area contributed by atoms with Crippen LogP contribution in [-0.4, -0.2) is 27.1 Å². The molecule has 2 N–H and O–H groups in total. The average Bonchev–Trinajstić information content (AvgIpc) is 3.25. The number of aromatic hydroxyl groups is 1. The molecule has 0 fully saturated rings. The zero-order chi connectivity index (χ0) is 21.3. The number of nitrogens with zero attached hydrogens (tertiary/aromatic N) is 2. The van der Waals surface area contributed by atoms with Gasteiger partial charge in [-0.15, -0.1) is 0 Å². The number of halogens is 1. The Morgan fingerprint density at radius 2 is 1.90 bits per heavy atom. The van der Waals surface area contributed by atoms with E-state index in [0.717, 1.165) is 16.8 Å². The molecule has 0 aliphatic heterocycles. The number of hydrogen-bond acceptors (Lipinski definition) is 6. The minimum Gasteiger partial charge on any atom is -0.508 e. The second-order valence-corrected chi connectivity index (χ2v) is 7.67. The minimum atomic E-state index is -0.374. The molecule has 0 aliphatic carbocycles. The number of fused-ring (bicyclic) bond motifs is 1. The van der Waals surface area contributed by atoms with E-state index in [9.17, 15) is 14.3 Å². The zero-order valence-electron chi connectivity index (χ0n) is 16.5. The van der Waals surface area contributed by atoms with E-state index in [1.54, 1.807) is 43.3 Å². The van der Waals surface area contributed by atoms with Gasteiger partial charge in [0.15, 0.2) is 4.96 Å². The van der Waals surface area contributed by atoms with Crippen LogP contribution in [0.5, 0.6) is 5.75 Å². The molecule has 30 heavy (non-hydrogen) atoms. The summed E-state index contributed by atoms with van der Waals surface area (Å²) >= 11 is 1.27. The largest absolute Gasteiger partial charge is 0.508 e. The molecule has 2 heterocycles. The molecule has 2 aromatic carbocycles. The molecule has 0 spiro atoms. The molecule has 0 atom stereocenters. The first-order chi connectivity index (χ1) is 14.5. The number of thiazole rings is 1. The number of nitrogens with one attached hydrogen (secondary N) is 1. The second kappa shape index (κ2) is 8.16. The Hall–Kier alpha value is -3.39. The van der Waals surface area contributed by atoms with Crippen molar-refractivity contribution in [1.82, 2.24) is 9.38 Å². The van der Waals surface area contributed by atoms with Gasteiger partial charge in [-0.3, -0.25) is 4.40 Å². The van der Waals surface area contributed by atoms with Crippen LogP contribution in [-0.2, 0) is 11.3 Å². The van der Waals surface area contributed by atoms with Gasteiger partial charge in [0.25, 0.3) is 0 Å². The lowest BCUT2D eigenvalue weighted by molar-refractivity contribution is 0.0531. The summed E-state index contributed by atoms with van der Waals surface area (Å²) in [6.45, 7) is 4.36. The third-order valence-corrected chi connectivity index (χ3v) is 5.80. The topological polar surface area (TPSA) is 75.9 Å². The van der Waals surface area contributed by atoms with E-state index in [2.05, 4.69) is 5.32 Å². The summed E-state index contributed by atoms with van der Waals surface area (Å²) < 4.78 is 20.3. The van der Waals surface area contributed by atoms with Gasteiger partial charge in [0.05, 0.1) is 6.61 Å². The molecule has 0 amide bonds. The Balaban J connectivity index is 1.79. The number of carbonyl (C=O) groups excluding carboxylic acids is 1. The van der Waals surface area contributed by atoms with E-state index in [4.69, 9.17) is 9.72 Å². The molecular weight excluding hydrogens is 405 g/mol. The normalized spacial score (nSPS) is 11.0. The molecule has 0 saturated heterocycles. The lowest BCUT2D eigenvalue weighted by Crippen LogP contribution is -2.07. The van der Waals surface area contributed by atoms with Crippen LogP contribution < -0.4 is 5.32 Å². The Kier molecular flexibility index (Phi) is 5.41. The van der Waals surface area contributed by atoms with Crippen LogP contribution in [0.25, 0.3) is 16.2 Å². The molecule has 2 aromatic heterocycles. The van der Waals surface area contributed by atoms with Gasteiger partial charge in [-0.25, -0.2) is 14.2 Å². The lowest BCUT2D eigenvalue weighted by Gasteiger charge is -2.10. The molecule has 4 rings (SSSR count). The maximum atomic E-state index is 13.2. The van der Waals surface area contributed by atoms with Gasteiger partial charge in [-0.1, -0.05) is 23.5 Å². The molecule has 154 valence electrons. The number of benzene rings is 2. The van der Waals surface area contributed by atoms with Crippen LogP contribution >= 0.6 is 11.3 Å². The van der Waals surface area contributed by atoms with Crippen LogP contribution in [0.15, 0.2) is 48.5 Å². The van der Waals surface area contributed by atoms with Crippen molar-refractivity contribution in [3.05, 3.63) is 70.5 Å². The molecule has 4 aromatic rings. The fourth-order valence-corrected chi connectivity index (χ4v) is 4.22. The first kappa shape index (κ1) is 19.9. The number of anilines is 1. The number of aromatic nitrogens is 2. The number of carbonyl (C=O) groups is 1. The maximum Gasteiger partial charge on any atom is 0.350 e. The molecule has 0 unspecified atom stereocenters. The molecule has 0 radical (unpaired) electrons. The smallest absolute Gasteiger partial charge is 0.350 e. The van der Waals surface area contributed by atoms with E-state index in [1.165, 1.54) is 23.5 Å². The highest BCUT2D eigenvalue weighted by Crippen LogP contribution is 2.35. The molecule has 0 bridgehead atoms.